The summed E-state index contributed by atoms with van der Waals surface area (Å²) in [4.78, 5) is 0. The number of nitrogens with zero attached hydrogens (tertiary/aromatic N) is 1. The fourth-order valence-electron chi connectivity index (χ4n) is 1.41. The minimum Gasteiger partial charge on any atom is -0.507 e. The first-order valence-electron chi connectivity index (χ1n) is 4.30. The molecule has 72 valence electrons. The zero-order valence-electron chi connectivity index (χ0n) is 7.49. The Bertz CT molecular complexity index is 395. The molecule has 1 aromatic carbocycles. The van der Waals surface area contributed by atoms with Crippen molar-refractivity contribution in [3.63, 3.8) is 0 Å². The van der Waals surface area contributed by atoms with Crippen molar-refractivity contribution < 1.29 is 14.6 Å². The minimum absolute atomic E-state index is 0.0794. The summed E-state index contributed by atoms with van der Waals surface area (Å²) in [5.41, 5.74) is 0.504. The van der Waals surface area contributed by atoms with Crippen molar-refractivity contribution in [3.05, 3.63) is 17.7 Å². The summed E-state index contributed by atoms with van der Waals surface area (Å²) in [5, 5.41) is 18.1. The number of rotatable bonds is 1. The maximum Gasteiger partial charge on any atom is 0.169 e. The molecule has 4 nitrogen and oxygen atoms in total. The quantitative estimate of drug-likeness (QED) is 0.725. The number of nitriles is 1. The van der Waals surface area contributed by atoms with E-state index in [4.69, 9.17) is 14.7 Å². The molecule has 0 unspecified atom stereocenters. The molecular weight excluding hydrogens is 182 g/mol. The van der Waals surface area contributed by atoms with Gasteiger partial charge in [-0.1, -0.05) is 0 Å². The Morgan fingerprint density at radius 1 is 1.36 bits per heavy atom. The molecule has 4 heteroatoms. The number of hydrogen-bond donors (Lipinski definition) is 1. The number of phenolic OH excluding ortho intramolecular Hbond substituents is 1. The van der Waals surface area contributed by atoms with Gasteiger partial charge in [0.1, 0.15) is 19.0 Å². The zero-order chi connectivity index (χ0) is 9.97. The molecule has 0 amide bonds. The van der Waals surface area contributed by atoms with Gasteiger partial charge in [0.2, 0.25) is 0 Å². The van der Waals surface area contributed by atoms with Crippen LogP contribution in [0.2, 0.25) is 0 Å². The van der Waals surface area contributed by atoms with Crippen molar-refractivity contribution >= 4 is 0 Å². The van der Waals surface area contributed by atoms with Crippen LogP contribution in [0.4, 0.5) is 0 Å². The normalized spacial score (nSPS) is 13.4. The van der Waals surface area contributed by atoms with Crippen molar-refractivity contribution in [1.82, 2.24) is 0 Å². The first-order valence-corrected chi connectivity index (χ1v) is 4.30. The van der Waals surface area contributed by atoms with Gasteiger partial charge >= 0.3 is 0 Å². The van der Waals surface area contributed by atoms with Gasteiger partial charge in [-0.3, -0.25) is 0 Å². The lowest BCUT2D eigenvalue weighted by Crippen LogP contribution is -2.16. The van der Waals surface area contributed by atoms with E-state index >= 15 is 0 Å². The third kappa shape index (κ3) is 1.33. The first-order chi connectivity index (χ1) is 6.83. The molecule has 0 saturated carbocycles. The Kier molecular flexibility index (Phi) is 2.15. The molecule has 2 rings (SSSR count). The molecule has 0 saturated heterocycles. The van der Waals surface area contributed by atoms with Gasteiger partial charge in [-0.05, 0) is 12.1 Å². The van der Waals surface area contributed by atoms with Crippen LogP contribution in [0.3, 0.4) is 0 Å². The van der Waals surface area contributed by atoms with Crippen LogP contribution in [0.25, 0.3) is 0 Å². The van der Waals surface area contributed by atoms with E-state index in [1.54, 1.807) is 6.07 Å². The summed E-state index contributed by atoms with van der Waals surface area (Å²) in [6.45, 7) is 0.957. The zero-order valence-corrected chi connectivity index (χ0v) is 7.49. The third-order valence-electron chi connectivity index (χ3n) is 2.04. The molecule has 1 aromatic rings. The van der Waals surface area contributed by atoms with Crippen LogP contribution in [0.5, 0.6) is 17.2 Å². The number of aromatic hydroxyl groups is 1. The van der Waals surface area contributed by atoms with Crippen LogP contribution in [0.1, 0.15) is 5.56 Å². The van der Waals surface area contributed by atoms with E-state index in [2.05, 4.69) is 0 Å². The predicted octanol–water partition coefficient (Wildman–Crippen LogP) is 1.23. The highest BCUT2D eigenvalue weighted by molar-refractivity contribution is 5.54. The Hall–Kier alpha value is -1.89. The molecule has 0 fully saturated rings. The molecule has 1 heterocycles. The summed E-state index contributed by atoms with van der Waals surface area (Å²) in [7, 11) is 0. The lowest BCUT2D eigenvalue weighted by molar-refractivity contribution is 0.169. The third-order valence-corrected chi connectivity index (χ3v) is 2.04. The average Bonchev–Trinajstić information content (AvgIpc) is 2.23. The fourth-order valence-corrected chi connectivity index (χ4v) is 1.41. The van der Waals surface area contributed by atoms with E-state index in [1.165, 1.54) is 6.07 Å². The van der Waals surface area contributed by atoms with Crippen molar-refractivity contribution in [2.75, 3.05) is 13.2 Å². The molecule has 1 aliphatic heterocycles. The van der Waals surface area contributed by atoms with Crippen molar-refractivity contribution in [2.24, 2.45) is 0 Å². The standard InChI is InChI=1S/C10H9NO3/c11-4-3-7-8(12)1-2-9-10(7)14-6-5-13-9/h1-2,12H,3,5-6H2. The number of phenols is 1. The maximum atomic E-state index is 9.51. The predicted molar refractivity (Wildman–Crippen MR) is 48.4 cm³/mol. The monoisotopic (exact) mass is 191 g/mol. The summed E-state index contributed by atoms with van der Waals surface area (Å²) >= 11 is 0. The molecule has 0 atom stereocenters. The van der Waals surface area contributed by atoms with Gasteiger partial charge in [0.25, 0.3) is 0 Å². The van der Waals surface area contributed by atoms with E-state index < -0.39 is 0 Å². The van der Waals surface area contributed by atoms with Gasteiger partial charge in [0.15, 0.2) is 11.5 Å². The van der Waals surface area contributed by atoms with Crippen LogP contribution in [-0.4, -0.2) is 18.3 Å². The van der Waals surface area contributed by atoms with Crippen LogP contribution in [0, 0.1) is 11.3 Å². The second kappa shape index (κ2) is 3.46. The Balaban J connectivity index is 2.50. The Labute approximate surface area is 81.3 Å². The topological polar surface area (TPSA) is 62.5 Å². The van der Waals surface area contributed by atoms with Crippen LogP contribution in [-0.2, 0) is 6.42 Å². The minimum atomic E-state index is 0.0794. The number of hydrogen-bond acceptors (Lipinski definition) is 4. The largest absolute Gasteiger partial charge is 0.507 e. The molecule has 14 heavy (non-hydrogen) atoms. The fraction of sp³-hybridized carbons (Fsp3) is 0.300. The lowest BCUT2D eigenvalue weighted by Gasteiger charge is -2.20. The van der Waals surface area contributed by atoms with Crippen molar-refractivity contribution in [1.29, 1.82) is 5.26 Å². The molecule has 0 radical (unpaired) electrons. The highest BCUT2D eigenvalue weighted by Gasteiger charge is 2.18. The van der Waals surface area contributed by atoms with E-state index in [-0.39, 0.29) is 12.2 Å². The van der Waals surface area contributed by atoms with Crippen molar-refractivity contribution in [3.8, 4) is 23.3 Å². The summed E-state index contributed by atoms with van der Waals surface area (Å²) in [6.07, 6.45) is 0.123. The summed E-state index contributed by atoms with van der Waals surface area (Å²) in [6, 6.07) is 5.14. The molecule has 0 aromatic heterocycles. The SMILES string of the molecule is N#CCc1c(O)ccc2c1OCCO2. The first kappa shape index (κ1) is 8.70. The van der Waals surface area contributed by atoms with Crippen LogP contribution < -0.4 is 9.47 Å². The van der Waals surface area contributed by atoms with Gasteiger partial charge in [0.05, 0.1) is 18.1 Å². The molecular formula is C10H9NO3. The van der Waals surface area contributed by atoms with Gasteiger partial charge in [-0.2, -0.15) is 5.26 Å². The van der Waals surface area contributed by atoms with Gasteiger partial charge in [0, 0.05) is 0 Å². The van der Waals surface area contributed by atoms with Gasteiger partial charge < -0.3 is 14.6 Å². The average molecular weight is 191 g/mol. The molecule has 0 spiro atoms. The second-order valence-electron chi connectivity index (χ2n) is 2.92. The highest BCUT2D eigenvalue weighted by atomic mass is 16.6. The molecule has 1 aliphatic rings. The molecule has 1 N–H and O–H groups in total. The molecule has 0 aliphatic carbocycles. The van der Waals surface area contributed by atoms with E-state index in [0.717, 1.165) is 0 Å². The van der Waals surface area contributed by atoms with Gasteiger partial charge in [-0.15, -0.1) is 0 Å². The van der Waals surface area contributed by atoms with E-state index in [9.17, 15) is 5.11 Å². The van der Waals surface area contributed by atoms with E-state index in [1.807, 2.05) is 6.07 Å². The van der Waals surface area contributed by atoms with Gasteiger partial charge in [-0.25, -0.2) is 0 Å². The summed E-state index contributed by atoms with van der Waals surface area (Å²) < 4.78 is 10.7. The Morgan fingerprint density at radius 2 is 2.14 bits per heavy atom. The smallest absolute Gasteiger partial charge is 0.169 e. The van der Waals surface area contributed by atoms with E-state index in [0.29, 0.717) is 30.3 Å². The number of benzene rings is 1. The van der Waals surface area contributed by atoms with Crippen molar-refractivity contribution in [2.45, 2.75) is 6.42 Å². The second-order valence-corrected chi connectivity index (χ2v) is 2.92. The Morgan fingerprint density at radius 3 is 2.93 bits per heavy atom. The number of ether oxygens (including phenoxy) is 2. The van der Waals surface area contributed by atoms with Crippen LogP contribution >= 0.6 is 0 Å². The summed E-state index contributed by atoms with van der Waals surface area (Å²) in [5.74, 6) is 1.17. The molecule has 0 bridgehead atoms. The highest BCUT2D eigenvalue weighted by Crippen LogP contribution is 2.38. The number of fused-ring (bicyclic) bond motifs is 1. The van der Waals surface area contributed by atoms with Crippen LogP contribution in [0.15, 0.2) is 12.1 Å². The maximum absolute atomic E-state index is 9.51. The lowest BCUT2D eigenvalue weighted by atomic mass is 10.1.